The van der Waals surface area contributed by atoms with Crippen LogP contribution in [-0.4, -0.2) is 59.0 Å². The first-order valence-corrected chi connectivity index (χ1v) is 5.28. The van der Waals surface area contributed by atoms with E-state index in [1.807, 2.05) is 7.05 Å². The number of carbonyl (C=O) groups is 1. The van der Waals surface area contributed by atoms with E-state index in [1.165, 1.54) is 18.5 Å². The van der Waals surface area contributed by atoms with E-state index in [0.717, 1.165) is 26.2 Å². The third-order valence-corrected chi connectivity index (χ3v) is 2.76. The minimum atomic E-state index is -0.0588. The second kappa shape index (κ2) is 4.49. The van der Waals surface area contributed by atoms with E-state index < -0.39 is 0 Å². The van der Waals surface area contributed by atoms with Gasteiger partial charge in [0.1, 0.15) is 5.75 Å². The van der Waals surface area contributed by atoms with Crippen LogP contribution in [0.3, 0.4) is 0 Å². The molecule has 86 valence electrons. The predicted molar refractivity (Wildman–Crippen MR) is 59.3 cm³/mol. The highest BCUT2D eigenvalue weighted by atomic mass is 16.3. The van der Waals surface area contributed by atoms with E-state index >= 15 is 0 Å². The highest BCUT2D eigenvalue weighted by Gasteiger charge is 2.20. The van der Waals surface area contributed by atoms with Crippen molar-refractivity contribution in [3.8, 4) is 5.75 Å². The molecule has 1 aliphatic heterocycles. The average molecular weight is 221 g/mol. The van der Waals surface area contributed by atoms with Crippen molar-refractivity contribution >= 4 is 5.91 Å². The van der Waals surface area contributed by atoms with Crippen molar-refractivity contribution in [2.75, 3.05) is 33.2 Å². The summed E-state index contributed by atoms with van der Waals surface area (Å²) in [5, 5.41) is 9.26. The highest BCUT2D eigenvalue weighted by Crippen LogP contribution is 2.12. The maximum Gasteiger partial charge on any atom is 0.255 e. The van der Waals surface area contributed by atoms with Gasteiger partial charge in [-0.15, -0.1) is 0 Å². The van der Waals surface area contributed by atoms with Crippen LogP contribution in [0, 0.1) is 0 Å². The van der Waals surface area contributed by atoms with Crippen molar-refractivity contribution in [2.24, 2.45) is 0 Å². The minimum Gasteiger partial charge on any atom is -0.506 e. The molecule has 1 amide bonds. The monoisotopic (exact) mass is 221 g/mol. The first-order valence-electron chi connectivity index (χ1n) is 5.28. The quantitative estimate of drug-likeness (QED) is 0.734. The van der Waals surface area contributed by atoms with Gasteiger partial charge in [-0.2, -0.15) is 0 Å². The van der Waals surface area contributed by atoms with Crippen LogP contribution in [0.5, 0.6) is 5.75 Å². The van der Waals surface area contributed by atoms with E-state index in [2.05, 4.69) is 9.88 Å². The van der Waals surface area contributed by atoms with Crippen LogP contribution in [0.25, 0.3) is 0 Å². The molecular formula is C11H15N3O2. The molecule has 2 heterocycles. The van der Waals surface area contributed by atoms with Crippen LogP contribution in [0.2, 0.25) is 0 Å². The minimum absolute atomic E-state index is 0.0278. The summed E-state index contributed by atoms with van der Waals surface area (Å²) in [6, 6.07) is 1.45. The Hall–Kier alpha value is -1.62. The fourth-order valence-corrected chi connectivity index (χ4v) is 1.74. The third-order valence-electron chi connectivity index (χ3n) is 2.76. The predicted octanol–water partition coefficient (Wildman–Crippen LogP) is 0.175. The summed E-state index contributed by atoms with van der Waals surface area (Å²) < 4.78 is 0. The Morgan fingerprint density at radius 1 is 1.31 bits per heavy atom. The number of rotatable bonds is 1. The van der Waals surface area contributed by atoms with Gasteiger partial charge in [0, 0.05) is 32.4 Å². The summed E-state index contributed by atoms with van der Waals surface area (Å²) in [5.41, 5.74) is 0.449. The molecule has 1 saturated heterocycles. The average Bonchev–Trinajstić information content (AvgIpc) is 2.29. The molecule has 1 aromatic rings. The molecule has 2 rings (SSSR count). The maximum atomic E-state index is 12.0. The largest absolute Gasteiger partial charge is 0.506 e. The summed E-state index contributed by atoms with van der Waals surface area (Å²) in [7, 11) is 2.04. The molecule has 0 spiro atoms. The highest BCUT2D eigenvalue weighted by molar-refractivity contribution is 5.94. The maximum absolute atomic E-state index is 12.0. The molecule has 5 nitrogen and oxygen atoms in total. The Labute approximate surface area is 94.3 Å². The molecule has 0 saturated carbocycles. The van der Waals surface area contributed by atoms with Gasteiger partial charge in [0.05, 0.1) is 11.8 Å². The fraction of sp³-hybridized carbons (Fsp3) is 0.455. The third kappa shape index (κ3) is 2.30. The second-order valence-corrected chi connectivity index (χ2v) is 4.03. The molecule has 16 heavy (non-hydrogen) atoms. The van der Waals surface area contributed by atoms with Crippen molar-refractivity contribution in [3.05, 3.63) is 24.0 Å². The molecular weight excluding hydrogens is 206 g/mol. The summed E-state index contributed by atoms with van der Waals surface area (Å²) in [6.45, 7) is 3.23. The number of hydrogen-bond acceptors (Lipinski definition) is 4. The van der Waals surface area contributed by atoms with Crippen LogP contribution in [0.15, 0.2) is 18.5 Å². The molecule has 0 atom stereocenters. The Kier molecular flexibility index (Phi) is 3.05. The van der Waals surface area contributed by atoms with Gasteiger partial charge in [0.15, 0.2) is 0 Å². The molecule has 1 aliphatic rings. The number of hydrogen-bond donors (Lipinski definition) is 1. The van der Waals surface area contributed by atoms with E-state index in [-0.39, 0.29) is 11.7 Å². The first-order chi connectivity index (χ1) is 7.66. The zero-order valence-corrected chi connectivity index (χ0v) is 9.26. The Bertz CT molecular complexity index is 387. The first kappa shape index (κ1) is 10.9. The van der Waals surface area contributed by atoms with Crippen LogP contribution in [0.1, 0.15) is 10.4 Å². The number of pyridine rings is 1. The Morgan fingerprint density at radius 2 is 2.00 bits per heavy atom. The van der Waals surface area contributed by atoms with E-state index in [0.29, 0.717) is 5.56 Å². The lowest BCUT2D eigenvalue weighted by atomic mass is 10.2. The summed E-state index contributed by atoms with van der Waals surface area (Å²) in [4.78, 5) is 19.8. The molecule has 0 bridgehead atoms. The molecule has 1 aromatic heterocycles. The number of carbonyl (C=O) groups excluding carboxylic acids is 1. The Balaban J connectivity index is 2.08. The van der Waals surface area contributed by atoms with Crippen molar-refractivity contribution in [3.63, 3.8) is 0 Å². The van der Waals surface area contributed by atoms with Crippen molar-refractivity contribution in [2.45, 2.75) is 0 Å². The standard InChI is InChI=1S/C11H15N3O2/c1-13-2-4-14(5-3-13)11(16)9-6-10(15)8-12-7-9/h6-8,15H,2-5H2,1H3. The second-order valence-electron chi connectivity index (χ2n) is 4.03. The van der Waals surface area contributed by atoms with Crippen molar-refractivity contribution < 1.29 is 9.90 Å². The lowest BCUT2D eigenvalue weighted by molar-refractivity contribution is 0.0663. The van der Waals surface area contributed by atoms with Crippen molar-refractivity contribution in [1.29, 1.82) is 0 Å². The number of piperazine rings is 1. The van der Waals surface area contributed by atoms with Gasteiger partial charge < -0.3 is 14.9 Å². The zero-order valence-electron chi connectivity index (χ0n) is 9.26. The van der Waals surface area contributed by atoms with Gasteiger partial charge in [-0.3, -0.25) is 9.78 Å². The van der Waals surface area contributed by atoms with Gasteiger partial charge in [0.25, 0.3) is 5.91 Å². The molecule has 1 N–H and O–H groups in total. The van der Waals surface area contributed by atoms with Gasteiger partial charge in [-0.25, -0.2) is 0 Å². The summed E-state index contributed by atoms with van der Waals surface area (Å²) in [5.74, 6) is -0.0310. The number of amides is 1. The van der Waals surface area contributed by atoms with E-state index in [9.17, 15) is 9.90 Å². The van der Waals surface area contributed by atoms with Gasteiger partial charge in [0.2, 0.25) is 0 Å². The van der Waals surface area contributed by atoms with Gasteiger partial charge in [-0.1, -0.05) is 0 Å². The lowest BCUT2D eigenvalue weighted by Crippen LogP contribution is -2.47. The van der Waals surface area contributed by atoms with Crippen LogP contribution < -0.4 is 0 Å². The smallest absolute Gasteiger partial charge is 0.255 e. The fourth-order valence-electron chi connectivity index (χ4n) is 1.74. The molecule has 0 radical (unpaired) electrons. The van der Waals surface area contributed by atoms with Crippen LogP contribution in [-0.2, 0) is 0 Å². The molecule has 0 aromatic carbocycles. The number of aromatic nitrogens is 1. The number of nitrogens with zero attached hydrogens (tertiary/aromatic N) is 3. The Morgan fingerprint density at radius 3 is 2.62 bits per heavy atom. The molecule has 1 fully saturated rings. The van der Waals surface area contributed by atoms with E-state index in [4.69, 9.17) is 0 Å². The molecule has 0 aliphatic carbocycles. The van der Waals surface area contributed by atoms with Gasteiger partial charge >= 0.3 is 0 Å². The van der Waals surface area contributed by atoms with Crippen LogP contribution in [0.4, 0.5) is 0 Å². The number of aromatic hydroxyl groups is 1. The lowest BCUT2D eigenvalue weighted by Gasteiger charge is -2.32. The van der Waals surface area contributed by atoms with Gasteiger partial charge in [-0.05, 0) is 13.1 Å². The van der Waals surface area contributed by atoms with Crippen LogP contribution >= 0.6 is 0 Å². The SMILES string of the molecule is CN1CCN(C(=O)c2cncc(O)c2)CC1. The topological polar surface area (TPSA) is 56.7 Å². The molecule has 0 unspecified atom stereocenters. The molecule has 5 heteroatoms. The number of likely N-dealkylation sites (N-methyl/N-ethyl adjacent to an activating group) is 1. The van der Waals surface area contributed by atoms with E-state index in [1.54, 1.807) is 4.90 Å². The zero-order chi connectivity index (χ0) is 11.5. The van der Waals surface area contributed by atoms with Crippen molar-refractivity contribution in [1.82, 2.24) is 14.8 Å². The summed E-state index contributed by atoms with van der Waals surface area (Å²) >= 11 is 0. The summed E-state index contributed by atoms with van der Waals surface area (Å²) in [6.07, 6.45) is 2.81. The normalized spacial score (nSPS) is 17.4.